The Morgan fingerprint density at radius 3 is 2.20 bits per heavy atom. The van der Waals surface area contributed by atoms with E-state index in [0.29, 0.717) is 11.3 Å². The molecule has 0 saturated carbocycles. The van der Waals surface area contributed by atoms with Gasteiger partial charge in [-0.1, -0.05) is 30.3 Å². The van der Waals surface area contributed by atoms with E-state index in [1.165, 1.54) is 0 Å². The molecular formula is C20H24N2O3. The van der Waals surface area contributed by atoms with E-state index in [0.717, 1.165) is 5.56 Å². The molecular weight excluding hydrogens is 316 g/mol. The van der Waals surface area contributed by atoms with Crippen molar-refractivity contribution in [3.05, 3.63) is 65.7 Å². The molecule has 0 fully saturated rings. The molecule has 1 amide bonds. The van der Waals surface area contributed by atoms with Crippen LogP contribution in [0.15, 0.2) is 54.6 Å². The lowest BCUT2D eigenvalue weighted by Gasteiger charge is -2.14. The van der Waals surface area contributed by atoms with E-state index in [2.05, 4.69) is 10.6 Å². The molecule has 5 nitrogen and oxygen atoms in total. The molecule has 2 aromatic rings. The molecule has 0 aliphatic carbocycles. The van der Waals surface area contributed by atoms with Crippen molar-refractivity contribution in [2.24, 2.45) is 0 Å². The van der Waals surface area contributed by atoms with Crippen molar-refractivity contribution in [2.45, 2.75) is 32.9 Å². The van der Waals surface area contributed by atoms with E-state index in [-0.39, 0.29) is 30.6 Å². The van der Waals surface area contributed by atoms with Crippen molar-refractivity contribution in [2.75, 3.05) is 11.9 Å². The summed E-state index contributed by atoms with van der Waals surface area (Å²) in [6.45, 7) is 5.82. The van der Waals surface area contributed by atoms with Gasteiger partial charge in [-0.3, -0.25) is 4.79 Å². The van der Waals surface area contributed by atoms with Gasteiger partial charge in [0.05, 0.1) is 18.2 Å². The third-order valence-electron chi connectivity index (χ3n) is 3.62. The summed E-state index contributed by atoms with van der Waals surface area (Å²) in [5.74, 6) is -0.508. The maximum absolute atomic E-state index is 12.0. The molecule has 0 heterocycles. The van der Waals surface area contributed by atoms with Gasteiger partial charge in [0.25, 0.3) is 0 Å². The second-order valence-corrected chi connectivity index (χ2v) is 6.09. The van der Waals surface area contributed by atoms with Crippen LogP contribution >= 0.6 is 0 Å². The number of esters is 1. The summed E-state index contributed by atoms with van der Waals surface area (Å²) in [4.78, 5) is 23.8. The number of carbonyl (C=O) groups is 2. The minimum absolute atomic E-state index is 0.0835. The van der Waals surface area contributed by atoms with Crippen LogP contribution < -0.4 is 10.6 Å². The zero-order chi connectivity index (χ0) is 18.2. The largest absolute Gasteiger partial charge is 0.459 e. The smallest absolute Gasteiger partial charge is 0.338 e. The van der Waals surface area contributed by atoms with E-state index in [1.54, 1.807) is 38.1 Å². The third-order valence-corrected chi connectivity index (χ3v) is 3.62. The molecule has 2 rings (SSSR count). The van der Waals surface area contributed by atoms with Crippen molar-refractivity contribution in [3.8, 4) is 0 Å². The predicted octanol–water partition coefficient (Wildman–Crippen LogP) is 3.54. The molecule has 1 atom stereocenters. The first-order valence-electron chi connectivity index (χ1n) is 8.35. The molecule has 0 aliphatic rings. The number of hydrogen-bond acceptors (Lipinski definition) is 4. The van der Waals surface area contributed by atoms with Crippen LogP contribution in [0.25, 0.3) is 0 Å². The third kappa shape index (κ3) is 6.04. The number of rotatable bonds is 7. The highest BCUT2D eigenvalue weighted by atomic mass is 16.5. The Morgan fingerprint density at radius 2 is 1.60 bits per heavy atom. The first-order chi connectivity index (χ1) is 12.0. The average molecular weight is 340 g/mol. The zero-order valence-corrected chi connectivity index (χ0v) is 14.8. The molecule has 132 valence electrons. The van der Waals surface area contributed by atoms with Gasteiger partial charge in [0, 0.05) is 11.7 Å². The summed E-state index contributed by atoms with van der Waals surface area (Å²) in [5, 5.41) is 5.99. The van der Waals surface area contributed by atoms with Gasteiger partial charge in [-0.2, -0.15) is 0 Å². The van der Waals surface area contributed by atoms with Crippen LogP contribution in [0.3, 0.4) is 0 Å². The summed E-state index contributed by atoms with van der Waals surface area (Å²) in [6, 6.07) is 16.7. The van der Waals surface area contributed by atoms with Gasteiger partial charge in [0.15, 0.2) is 0 Å². The van der Waals surface area contributed by atoms with Crippen LogP contribution in [0.5, 0.6) is 0 Å². The quantitative estimate of drug-likeness (QED) is 0.757. The van der Waals surface area contributed by atoms with Gasteiger partial charge in [-0.25, -0.2) is 4.79 Å². The fourth-order valence-corrected chi connectivity index (χ4v) is 2.28. The summed E-state index contributed by atoms with van der Waals surface area (Å²) in [6.07, 6.45) is -0.162. The zero-order valence-electron chi connectivity index (χ0n) is 14.8. The Balaban J connectivity index is 1.83. The van der Waals surface area contributed by atoms with Crippen molar-refractivity contribution in [1.29, 1.82) is 0 Å². The van der Waals surface area contributed by atoms with Crippen LogP contribution in [0.4, 0.5) is 5.69 Å². The maximum Gasteiger partial charge on any atom is 0.338 e. The number of hydrogen-bond donors (Lipinski definition) is 2. The summed E-state index contributed by atoms with van der Waals surface area (Å²) >= 11 is 0. The van der Waals surface area contributed by atoms with Crippen molar-refractivity contribution in [3.63, 3.8) is 0 Å². The number of anilines is 1. The second-order valence-electron chi connectivity index (χ2n) is 6.09. The number of amides is 1. The topological polar surface area (TPSA) is 67.4 Å². The Labute approximate surface area is 148 Å². The summed E-state index contributed by atoms with van der Waals surface area (Å²) < 4.78 is 5.13. The van der Waals surface area contributed by atoms with Crippen LogP contribution in [0, 0.1) is 0 Å². The second kappa shape index (κ2) is 8.99. The fraction of sp³-hybridized carbons (Fsp3) is 0.300. The van der Waals surface area contributed by atoms with Crippen LogP contribution in [0.2, 0.25) is 0 Å². The monoisotopic (exact) mass is 340 g/mol. The normalized spacial score (nSPS) is 11.8. The first kappa shape index (κ1) is 18.7. The summed E-state index contributed by atoms with van der Waals surface area (Å²) in [5.41, 5.74) is 2.23. The Morgan fingerprint density at radius 1 is 0.960 bits per heavy atom. The number of nitrogens with one attached hydrogen (secondary N) is 2. The van der Waals surface area contributed by atoms with E-state index < -0.39 is 0 Å². The van der Waals surface area contributed by atoms with Crippen molar-refractivity contribution < 1.29 is 14.3 Å². The Bertz CT molecular complexity index is 697. The van der Waals surface area contributed by atoms with Gasteiger partial charge < -0.3 is 15.4 Å². The minimum Gasteiger partial charge on any atom is -0.459 e. The molecule has 0 saturated heterocycles. The number of benzene rings is 2. The SMILES string of the molecule is CC(C)OC(=O)c1ccc(NC(=O)CN[C@@H](C)c2ccccc2)cc1. The van der Waals surface area contributed by atoms with Crippen molar-refractivity contribution >= 4 is 17.6 Å². The molecule has 0 spiro atoms. The molecule has 25 heavy (non-hydrogen) atoms. The first-order valence-corrected chi connectivity index (χ1v) is 8.35. The lowest BCUT2D eigenvalue weighted by atomic mass is 10.1. The lowest BCUT2D eigenvalue weighted by molar-refractivity contribution is -0.115. The average Bonchev–Trinajstić information content (AvgIpc) is 2.60. The molecule has 0 bridgehead atoms. The molecule has 0 aromatic heterocycles. The van der Waals surface area contributed by atoms with E-state index in [4.69, 9.17) is 4.74 Å². The Hall–Kier alpha value is -2.66. The molecule has 0 aliphatic heterocycles. The number of carbonyl (C=O) groups excluding carboxylic acids is 2. The van der Waals surface area contributed by atoms with E-state index >= 15 is 0 Å². The standard InChI is InChI=1S/C20H24N2O3/c1-14(2)25-20(24)17-9-11-18(12-10-17)22-19(23)13-21-15(3)16-7-5-4-6-8-16/h4-12,14-15,21H,13H2,1-3H3,(H,22,23)/t15-/m0/s1. The van der Waals surface area contributed by atoms with Crippen LogP contribution in [0.1, 0.15) is 42.7 Å². The van der Waals surface area contributed by atoms with Gasteiger partial charge in [0.1, 0.15) is 0 Å². The predicted molar refractivity (Wildman–Crippen MR) is 98.5 cm³/mol. The van der Waals surface area contributed by atoms with Crippen LogP contribution in [-0.4, -0.2) is 24.5 Å². The Kier molecular flexibility index (Phi) is 6.71. The van der Waals surface area contributed by atoms with Crippen LogP contribution in [-0.2, 0) is 9.53 Å². The van der Waals surface area contributed by atoms with Gasteiger partial charge in [-0.05, 0) is 50.6 Å². The summed E-state index contributed by atoms with van der Waals surface area (Å²) in [7, 11) is 0. The molecule has 2 N–H and O–H groups in total. The molecule has 2 aromatic carbocycles. The molecule has 0 radical (unpaired) electrons. The highest BCUT2D eigenvalue weighted by Crippen LogP contribution is 2.12. The van der Waals surface area contributed by atoms with E-state index in [9.17, 15) is 9.59 Å². The molecule has 0 unspecified atom stereocenters. The van der Waals surface area contributed by atoms with E-state index in [1.807, 2.05) is 37.3 Å². The highest BCUT2D eigenvalue weighted by Gasteiger charge is 2.10. The van der Waals surface area contributed by atoms with Gasteiger partial charge in [-0.15, -0.1) is 0 Å². The number of ether oxygens (including phenoxy) is 1. The fourth-order valence-electron chi connectivity index (χ4n) is 2.28. The van der Waals surface area contributed by atoms with Crippen molar-refractivity contribution in [1.82, 2.24) is 5.32 Å². The molecule has 5 heteroatoms. The lowest BCUT2D eigenvalue weighted by Crippen LogP contribution is -2.30. The maximum atomic E-state index is 12.0. The highest BCUT2D eigenvalue weighted by molar-refractivity contribution is 5.94. The minimum atomic E-state index is -0.369. The van der Waals surface area contributed by atoms with Gasteiger partial charge in [0.2, 0.25) is 5.91 Å². The van der Waals surface area contributed by atoms with Gasteiger partial charge >= 0.3 is 5.97 Å².